The van der Waals surface area contributed by atoms with Crippen LogP contribution in [0.4, 0.5) is 0 Å². The number of likely N-dealkylation sites (tertiary alicyclic amines) is 1. The third kappa shape index (κ3) is 3.19. The van der Waals surface area contributed by atoms with Crippen LogP contribution in [0.25, 0.3) is 0 Å². The first-order valence-corrected chi connectivity index (χ1v) is 9.29. The number of carbonyl (C=O) groups is 2. The van der Waals surface area contributed by atoms with Gasteiger partial charge in [-0.05, 0) is 29.5 Å². The Kier molecular flexibility index (Phi) is 4.31. The first-order valence-electron chi connectivity index (χ1n) is 8.41. The van der Waals surface area contributed by atoms with Gasteiger partial charge in [0.1, 0.15) is 6.61 Å². The Hall–Kier alpha value is -2.18. The lowest BCUT2D eigenvalue weighted by Crippen LogP contribution is -2.53. The first kappa shape index (κ1) is 16.3. The third-order valence-electron chi connectivity index (χ3n) is 4.80. The number of hydrogen-bond acceptors (Lipinski definition) is 4. The monoisotopic (exact) mass is 356 g/mol. The van der Waals surface area contributed by atoms with Gasteiger partial charge in [0.25, 0.3) is 5.91 Å². The average Bonchev–Trinajstić information content (AvgIpc) is 3.24. The van der Waals surface area contributed by atoms with Crippen LogP contribution in [-0.4, -0.2) is 53.5 Å². The van der Waals surface area contributed by atoms with Gasteiger partial charge in [0.05, 0.1) is 17.0 Å². The summed E-state index contributed by atoms with van der Waals surface area (Å²) in [4.78, 5) is 29.6. The molecular formula is C19H20N2O3S. The van der Waals surface area contributed by atoms with Crippen LogP contribution >= 0.6 is 11.3 Å². The Morgan fingerprint density at radius 3 is 2.80 bits per heavy atom. The van der Waals surface area contributed by atoms with Gasteiger partial charge in [-0.25, -0.2) is 0 Å². The van der Waals surface area contributed by atoms with Gasteiger partial charge < -0.3 is 14.5 Å². The van der Waals surface area contributed by atoms with Gasteiger partial charge in [0, 0.05) is 19.6 Å². The Morgan fingerprint density at radius 2 is 2.08 bits per heavy atom. The summed E-state index contributed by atoms with van der Waals surface area (Å²) in [6, 6.07) is 11.8. The average molecular weight is 356 g/mol. The maximum atomic E-state index is 12.7. The van der Waals surface area contributed by atoms with E-state index in [0.717, 1.165) is 16.0 Å². The zero-order valence-electron chi connectivity index (χ0n) is 14.1. The fraction of sp³-hybridized carbons (Fsp3) is 0.368. The minimum Gasteiger partial charge on any atom is -0.364 e. The largest absolute Gasteiger partial charge is 0.364 e. The van der Waals surface area contributed by atoms with Gasteiger partial charge in [-0.2, -0.15) is 0 Å². The molecule has 0 saturated carbocycles. The van der Waals surface area contributed by atoms with Gasteiger partial charge in [0.2, 0.25) is 5.91 Å². The maximum absolute atomic E-state index is 12.7. The topological polar surface area (TPSA) is 49.9 Å². The summed E-state index contributed by atoms with van der Waals surface area (Å²) in [5.41, 5.74) is 2.19. The minimum absolute atomic E-state index is 0.00799. The summed E-state index contributed by atoms with van der Waals surface area (Å²) in [5, 5.41) is 1.98. The van der Waals surface area contributed by atoms with Gasteiger partial charge in [-0.3, -0.25) is 9.59 Å². The van der Waals surface area contributed by atoms with Crippen molar-refractivity contribution in [2.24, 2.45) is 0 Å². The molecule has 0 unspecified atom stereocenters. The SMILES string of the molecule is Cc1csc(C(=O)N2C[C@@H]3OCC(=O)N(Cc4ccccc4)[C@H]3C2)c1. The highest BCUT2D eigenvalue weighted by Gasteiger charge is 2.44. The molecule has 1 aromatic heterocycles. The zero-order chi connectivity index (χ0) is 17.4. The number of morpholine rings is 1. The molecule has 130 valence electrons. The number of ether oxygens (including phenoxy) is 1. The number of thiophene rings is 1. The number of rotatable bonds is 3. The maximum Gasteiger partial charge on any atom is 0.264 e. The fourth-order valence-electron chi connectivity index (χ4n) is 3.52. The number of amides is 2. The summed E-state index contributed by atoms with van der Waals surface area (Å²) < 4.78 is 5.72. The summed E-state index contributed by atoms with van der Waals surface area (Å²) in [6.07, 6.45) is -0.105. The molecule has 2 aliphatic heterocycles. The predicted octanol–water partition coefficient (Wildman–Crippen LogP) is 2.31. The number of aryl methyl sites for hydroxylation is 1. The Labute approximate surface area is 150 Å². The summed E-state index contributed by atoms with van der Waals surface area (Å²) in [7, 11) is 0. The fourth-order valence-corrected chi connectivity index (χ4v) is 4.38. The molecule has 2 aromatic rings. The van der Waals surface area contributed by atoms with Crippen molar-refractivity contribution in [3.05, 3.63) is 57.8 Å². The molecular weight excluding hydrogens is 336 g/mol. The normalized spacial score (nSPS) is 23.0. The number of carbonyl (C=O) groups excluding carboxylic acids is 2. The van der Waals surface area contributed by atoms with E-state index in [4.69, 9.17) is 4.74 Å². The molecule has 2 amide bonds. The van der Waals surface area contributed by atoms with E-state index < -0.39 is 0 Å². The van der Waals surface area contributed by atoms with Crippen molar-refractivity contribution in [1.29, 1.82) is 0 Å². The molecule has 0 radical (unpaired) electrons. The van der Waals surface area contributed by atoms with Crippen molar-refractivity contribution in [3.63, 3.8) is 0 Å². The van der Waals surface area contributed by atoms with E-state index in [-0.39, 0.29) is 30.6 Å². The van der Waals surface area contributed by atoms with Crippen LogP contribution in [0.5, 0.6) is 0 Å². The van der Waals surface area contributed by atoms with E-state index in [9.17, 15) is 9.59 Å². The molecule has 2 atom stereocenters. The van der Waals surface area contributed by atoms with E-state index in [0.29, 0.717) is 19.6 Å². The van der Waals surface area contributed by atoms with Crippen molar-refractivity contribution >= 4 is 23.2 Å². The Morgan fingerprint density at radius 1 is 1.28 bits per heavy atom. The third-order valence-corrected chi connectivity index (χ3v) is 5.84. The van der Waals surface area contributed by atoms with Crippen LogP contribution in [0.1, 0.15) is 20.8 Å². The van der Waals surface area contributed by atoms with Crippen molar-refractivity contribution in [2.75, 3.05) is 19.7 Å². The molecule has 5 nitrogen and oxygen atoms in total. The first-order chi connectivity index (χ1) is 12.1. The van der Waals surface area contributed by atoms with Gasteiger partial charge in [-0.15, -0.1) is 11.3 Å². The molecule has 4 rings (SSSR count). The molecule has 0 N–H and O–H groups in total. The highest BCUT2D eigenvalue weighted by molar-refractivity contribution is 7.12. The van der Waals surface area contributed by atoms with E-state index >= 15 is 0 Å². The number of hydrogen-bond donors (Lipinski definition) is 0. The predicted molar refractivity (Wildman–Crippen MR) is 95.5 cm³/mol. The second-order valence-corrected chi connectivity index (χ2v) is 7.53. The van der Waals surface area contributed by atoms with Crippen molar-refractivity contribution in [1.82, 2.24) is 9.80 Å². The van der Waals surface area contributed by atoms with Crippen LogP contribution in [0.15, 0.2) is 41.8 Å². The lowest BCUT2D eigenvalue weighted by Gasteiger charge is -2.36. The molecule has 0 bridgehead atoms. The van der Waals surface area contributed by atoms with Gasteiger partial charge >= 0.3 is 0 Å². The second-order valence-electron chi connectivity index (χ2n) is 6.62. The Bertz CT molecular complexity index is 789. The molecule has 1 aromatic carbocycles. The van der Waals surface area contributed by atoms with Crippen molar-refractivity contribution in [3.8, 4) is 0 Å². The van der Waals surface area contributed by atoms with E-state index in [1.165, 1.54) is 11.3 Å². The van der Waals surface area contributed by atoms with Crippen molar-refractivity contribution < 1.29 is 14.3 Å². The molecule has 0 aliphatic carbocycles. The smallest absolute Gasteiger partial charge is 0.264 e. The molecule has 25 heavy (non-hydrogen) atoms. The summed E-state index contributed by atoms with van der Waals surface area (Å²) >= 11 is 1.47. The van der Waals surface area contributed by atoms with Gasteiger partial charge in [0.15, 0.2) is 0 Å². The van der Waals surface area contributed by atoms with Crippen LogP contribution < -0.4 is 0 Å². The minimum atomic E-state index is -0.105. The molecule has 3 heterocycles. The highest BCUT2D eigenvalue weighted by Crippen LogP contribution is 2.27. The summed E-state index contributed by atoms with van der Waals surface area (Å²) in [6.45, 7) is 3.71. The van der Waals surface area contributed by atoms with Gasteiger partial charge in [-0.1, -0.05) is 30.3 Å². The number of nitrogens with zero attached hydrogens (tertiary/aromatic N) is 2. The van der Waals surface area contributed by atoms with Crippen LogP contribution in [0.2, 0.25) is 0 Å². The van der Waals surface area contributed by atoms with E-state index in [1.807, 2.05) is 58.5 Å². The van der Waals surface area contributed by atoms with Crippen LogP contribution in [0, 0.1) is 6.92 Å². The summed E-state index contributed by atoms with van der Waals surface area (Å²) in [5.74, 6) is 0.0228. The van der Waals surface area contributed by atoms with Crippen LogP contribution in [-0.2, 0) is 16.1 Å². The quantitative estimate of drug-likeness (QED) is 0.848. The lowest BCUT2D eigenvalue weighted by atomic mass is 10.1. The molecule has 2 saturated heterocycles. The van der Waals surface area contributed by atoms with E-state index in [1.54, 1.807) is 0 Å². The highest BCUT2D eigenvalue weighted by atomic mass is 32.1. The number of fused-ring (bicyclic) bond motifs is 1. The molecule has 0 spiro atoms. The van der Waals surface area contributed by atoms with Crippen LogP contribution in [0.3, 0.4) is 0 Å². The zero-order valence-corrected chi connectivity index (χ0v) is 14.9. The second kappa shape index (κ2) is 6.61. The Balaban J connectivity index is 1.51. The number of benzene rings is 1. The lowest BCUT2D eigenvalue weighted by molar-refractivity contribution is -0.153. The molecule has 2 aliphatic rings. The van der Waals surface area contributed by atoms with E-state index in [2.05, 4.69) is 0 Å². The standard InChI is InChI=1S/C19H20N2O3S/c1-13-7-17(25-12-13)19(23)20-9-15-16(10-20)24-11-18(22)21(15)8-14-5-3-2-4-6-14/h2-7,12,15-16H,8-11H2,1H3/t15-,16-/m0/s1. The van der Waals surface area contributed by atoms with Crippen molar-refractivity contribution in [2.45, 2.75) is 25.6 Å². The molecule has 6 heteroatoms. The molecule has 2 fully saturated rings.